The number of carboxylic acids is 1. The largest absolute Gasteiger partial charge is 1.00 e. The quantitative estimate of drug-likeness (QED) is 0.0879. The monoisotopic (exact) mass is 578 g/mol. The Bertz CT molecular complexity index is 783. The second kappa shape index (κ2) is 22.6. The molecule has 1 N–H and O–H groups in total. The van der Waals surface area contributed by atoms with E-state index in [0.717, 1.165) is 25.7 Å². The Kier molecular flexibility index (Phi) is 24.4. The summed E-state index contributed by atoms with van der Waals surface area (Å²) in [7, 11) is 0. The van der Waals surface area contributed by atoms with Crippen molar-refractivity contribution >= 4 is 29.2 Å². The predicted molar refractivity (Wildman–Crippen MR) is 101 cm³/mol. The maximum absolute atomic E-state index is 11.7. The van der Waals surface area contributed by atoms with Crippen molar-refractivity contribution < 1.29 is 105 Å². The number of hydrogen-bond acceptors (Lipinski definition) is 13. The van der Waals surface area contributed by atoms with E-state index in [-0.39, 0.29) is 82.8 Å². The Hall–Kier alpha value is -1.80. The minimum atomic E-state index is -4.48. The SMILES string of the molecule is O=C([O-])CCCCCCCNC(=O)c1ccccc1[O-].O=[N+]([O-])[O][Ga]([O][N+](=O)[O-])[O][N+](=O)[O-].[Na+].[Na+]. The topological polar surface area (TPSA) is 249 Å². The Morgan fingerprint density at radius 1 is 0.829 bits per heavy atom. The van der Waals surface area contributed by atoms with Crippen LogP contribution in [0.3, 0.4) is 0 Å². The van der Waals surface area contributed by atoms with Crippen molar-refractivity contribution in [1.82, 2.24) is 5.32 Å². The number of hydrogen-bond donors (Lipinski definition) is 1. The van der Waals surface area contributed by atoms with Gasteiger partial charge >= 0.3 is 133 Å². The normalized spacial score (nSPS) is 8.91. The molecule has 0 heterocycles. The summed E-state index contributed by atoms with van der Waals surface area (Å²) in [4.78, 5) is 50.7. The third-order valence-electron chi connectivity index (χ3n) is 3.49. The third kappa shape index (κ3) is 22.4. The van der Waals surface area contributed by atoms with E-state index in [0.29, 0.717) is 13.0 Å². The van der Waals surface area contributed by atoms with E-state index in [4.69, 9.17) is 0 Å². The molecule has 0 unspecified atom stereocenters. The van der Waals surface area contributed by atoms with Gasteiger partial charge in [0.15, 0.2) is 0 Å². The molecule has 1 amide bonds. The number of nitrogens with one attached hydrogen (secondary N) is 1. The van der Waals surface area contributed by atoms with Gasteiger partial charge in [0.1, 0.15) is 0 Å². The molecule has 1 rings (SSSR count). The molecule has 1 aromatic rings. The van der Waals surface area contributed by atoms with Crippen molar-refractivity contribution in [3.63, 3.8) is 0 Å². The molecular formula is C15H19GaN4Na2O13. The van der Waals surface area contributed by atoms with Crippen LogP contribution < -0.4 is 74.6 Å². The van der Waals surface area contributed by atoms with Crippen LogP contribution in [0.5, 0.6) is 5.75 Å². The standard InChI is InChI=1S/C15H21NO4.Ga.3NO3.2Na/c17-13-9-6-5-8-12(13)15(20)16-11-7-3-1-2-4-10-14(18)19;;3*2-1(3)4;;/h5-6,8-9,17H,1-4,7,10-11H2,(H,16,20)(H,18,19);;;;;;/q;+3;3*-1;2*+1/p-2. The van der Waals surface area contributed by atoms with Crippen LogP contribution in [0.25, 0.3) is 0 Å². The molecular weight excluding hydrogens is 560 g/mol. The minimum absolute atomic E-state index is 0. The van der Waals surface area contributed by atoms with Gasteiger partial charge in [0, 0.05) is 18.1 Å². The third-order valence-corrected chi connectivity index (χ3v) is 5.66. The van der Waals surface area contributed by atoms with Gasteiger partial charge in [0.25, 0.3) is 5.91 Å². The zero-order valence-electron chi connectivity index (χ0n) is 19.0. The summed E-state index contributed by atoms with van der Waals surface area (Å²) in [6, 6.07) is 6.14. The summed E-state index contributed by atoms with van der Waals surface area (Å²) < 4.78 is 10.4. The molecule has 0 spiro atoms. The van der Waals surface area contributed by atoms with Gasteiger partial charge in [0.2, 0.25) is 0 Å². The number of carboxylic acid groups (broad SMARTS) is 1. The molecule has 0 fully saturated rings. The average Bonchev–Trinajstić information content (AvgIpc) is 2.69. The molecule has 0 saturated heterocycles. The van der Waals surface area contributed by atoms with Gasteiger partial charge in [-0.3, -0.25) is 4.79 Å². The predicted octanol–water partition coefficient (Wildman–Crippen LogP) is -6.82. The van der Waals surface area contributed by atoms with Crippen molar-refractivity contribution in [3.8, 4) is 5.75 Å². The Balaban J connectivity index is -0.000000601. The summed E-state index contributed by atoms with van der Waals surface area (Å²) in [5.41, 5.74) is 0.168. The Morgan fingerprint density at radius 2 is 1.29 bits per heavy atom. The van der Waals surface area contributed by atoms with Gasteiger partial charge in [0.05, 0.1) is 0 Å². The van der Waals surface area contributed by atoms with Gasteiger partial charge in [-0.2, -0.15) is 0 Å². The number of aliphatic carboxylic acids is 1. The summed E-state index contributed by atoms with van der Waals surface area (Å²) in [5.74, 6) is -1.62. The van der Waals surface area contributed by atoms with Gasteiger partial charge in [-0.05, 0) is 19.3 Å². The van der Waals surface area contributed by atoms with Crippen molar-refractivity contribution in [1.29, 1.82) is 0 Å². The van der Waals surface area contributed by atoms with E-state index in [1.54, 1.807) is 12.1 Å². The molecule has 17 nitrogen and oxygen atoms in total. The number of unbranched alkanes of at least 4 members (excludes halogenated alkanes) is 4. The number of benzene rings is 1. The second-order valence-electron chi connectivity index (χ2n) is 5.92. The fourth-order valence-corrected chi connectivity index (χ4v) is 3.27. The number of carbonyl (C=O) groups excluding carboxylic acids is 2. The number of rotatable bonds is 15. The molecule has 20 heteroatoms. The summed E-state index contributed by atoms with van der Waals surface area (Å²) in [6.45, 7) is 0.521. The second-order valence-corrected chi connectivity index (χ2v) is 8.46. The molecule has 0 aliphatic carbocycles. The first-order chi connectivity index (χ1) is 15.5. The first kappa shape index (κ1) is 37.7. The van der Waals surface area contributed by atoms with Crippen molar-refractivity contribution in [3.05, 3.63) is 60.2 Å². The molecule has 0 atom stereocenters. The smallest absolute Gasteiger partial charge is 1.00 e. The van der Waals surface area contributed by atoms with Gasteiger partial charge in [-0.15, -0.1) is 0 Å². The van der Waals surface area contributed by atoms with Crippen LogP contribution in [0.2, 0.25) is 0 Å². The summed E-state index contributed by atoms with van der Waals surface area (Å²) in [5, 5.41) is 48.7. The van der Waals surface area contributed by atoms with E-state index in [1.807, 2.05) is 0 Å². The van der Waals surface area contributed by atoms with E-state index in [9.17, 15) is 50.1 Å². The molecule has 35 heavy (non-hydrogen) atoms. The number of nitrogens with zero attached hydrogens (tertiary/aromatic N) is 3. The van der Waals surface area contributed by atoms with Crippen LogP contribution in [0, 0.1) is 30.3 Å². The first-order valence-corrected chi connectivity index (χ1v) is 12.2. The summed E-state index contributed by atoms with van der Waals surface area (Å²) in [6.07, 6.45) is 4.27. The molecule has 0 aromatic heterocycles. The van der Waals surface area contributed by atoms with Gasteiger partial charge < -0.3 is 20.3 Å². The maximum atomic E-state index is 11.7. The van der Waals surface area contributed by atoms with E-state index < -0.39 is 38.5 Å². The fraction of sp³-hybridized carbons (Fsp3) is 0.467. The number of carbonyl (C=O) groups is 2. The molecule has 182 valence electrons. The number of para-hydroxylation sites is 1. The maximum Gasteiger partial charge on any atom is 1.00 e. The zero-order valence-corrected chi connectivity index (χ0v) is 25.4. The molecule has 0 bridgehead atoms. The Morgan fingerprint density at radius 3 is 1.74 bits per heavy atom. The zero-order chi connectivity index (χ0) is 25.2. The Labute approximate surface area is 248 Å². The van der Waals surface area contributed by atoms with Crippen LogP contribution in [-0.4, -0.2) is 51.0 Å². The molecule has 0 saturated carbocycles. The molecule has 0 radical (unpaired) electrons. The van der Waals surface area contributed by atoms with E-state index >= 15 is 0 Å². The van der Waals surface area contributed by atoms with Crippen LogP contribution in [-0.2, 0) is 15.7 Å². The minimum Gasteiger partial charge on any atom is 1.00 e. The molecule has 1 aromatic carbocycles. The van der Waals surface area contributed by atoms with Gasteiger partial charge in [-0.25, -0.2) is 0 Å². The first-order valence-electron chi connectivity index (χ1n) is 9.20. The van der Waals surface area contributed by atoms with Crippen LogP contribution in [0.1, 0.15) is 48.9 Å². The average molecular weight is 579 g/mol. The van der Waals surface area contributed by atoms with Crippen LogP contribution >= 0.6 is 0 Å². The van der Waals surface area contributed by atoms with E-state index in [2.05, 4.69) is 16.2 Å². The van der Waals surface area contributed by atoms with E-state index in [1.165, 1.54) is 12.1 Å². The molecule has 0 aliphatic rings. The van der Waals surface area contributed by atoms with Crippen LogP contribution in [0.4, 0.5) is 0 Å². The fourth-order valence-electron chi connectivity index (χ4n) is 2.14. The van der Waals surface area contributed by atoms with Crippen molar-refractivity contribution in [2.24, 2.45) is 0 Å². The van der Waals surface area contributed by atoms with Crippen LogP contribution in [0.15, 0.2) is 24.3 Å². The van der Waals surface area contributed by atoms with Gasteiger partial charge in [-0.1, -0.05) is 49.3 Å². The summed E-state index contributed by atoms with van der Waals surface area (Å²) >= 11 is -4.48. The van der Waals surface area contributed by atoms with Crippen molar-refractivity contribution in [2.75, 3.05) is 6.54 Å². The number of amides is 1. The van der Waals surface area contributed by atoms with Crippen molar-refractivity contribution in [2.45, 2.75) is 38.5 Å². The molecule has 0 aliphatic heterocycles.